The number of benzene rings is 1. The fourth-order valence-electron chi connectivity index (χ4n) is 1.95. The lowest BCUT2D eigenvalue weighted by Gasteiger charge is -2.08. The highest BCUT2D eigenvalue weighted by Gasteiger charge is 2.18. The number of aryl methyl sites for hydroxylation is 1. The summed E-state index contributed by atoms with van der Waals surface area (Å²) in [4.78, 5) is 18.7. The molecule has 21 heavy (non-hydrogen) atoms. The molecule has 1 aromatic carbocycles. The van der Waals surface area contributed by atoms with E-state index in [1.54, 1.807) is 35.1 Å². The van der Waals surface area contributed by atoms with E-state index in [0.717, 1.165) is 5.56 Å². The van der Waals surface area contributed by atoms with Crippen molar-refractivity contribution in [3.8, 4) is 11.6 Å². The number of hydrogen-bond acceptors (Lipinski definition) is 6. The van der Waals surface area contributed by atoms with Gasteiger partial charge in [-0.2, -0.15) is 4.98 Å². The van der Waals surface area contributed by atoms with Crippen LogP contribution in [0, 0.1) is 17.0 Å². The minimum atomic E-state index is -0.510. The molecule has 0 bridgehead atoms. The minimum absolute atomic E-state index is 0.100. The first kappa shape index (κ1) is 12.9. The molecule has 0 amide bonds. The summed E-state index contributed by atoms with van der Waals surface area (Å²) < 4.78 is 7.23. The van der Waals surface area contributed by atoms with Gasteiger partial charge in [-0.15, -0.1) is 0 Å². The van der Waals surface area contributed by atoms with Crippen molar-refractivity contribution in [2.45, 2.75) is 6.92 Å². The second kappa shape index (κ2) is 4.75. The first-order valence-electron chi connectivity index (χ1n) is 6.06. The molecule has 3 rings (SSSR count). The largest absolute Gasteiger partial charge is 0.428 e. The number of imidazole rings is 1. The summed E-state index contributed by atoms with van der Waals surface area (Å²) in [5, 5.41) is 11.1. The van der Waals surface area contributed by atoms with Gasteiger partial charge in [0.25, 0.3) is 5.88 Å². The maximum absolute atomic E-state index is 11.1. The molecule has 0 unspecified atom stereocenters. The summed E-state index contributed by atoms with van der Waals surface area (Å²) in [6.07, 6.45) is 4.83. The van der Waals surface area contributed by atoms with Gasteiger partial charge in [0.1, 0.15) is 5.82 Å². The van der Waals surface area contributed by atoms with E-state index in [9.17, 15) is 10.1 Å². The summed E-state index contributed by atoms with van der Waals surface area (Å²) in [6, 6.07) is 4.60. The number of ether oxygens (including phenoxy) is 1. The van der Waals surface area contributed by atoms with E-state index < -0.39 is 4.92 Å². The summed E-state index contributed by atoms with van der Waals surface area (Å²) in [6.45, 7) is 1.81. The smallest absolute Gasteiger partial charge is 0.311 e. The second-order valence-corrected chi connectivity index (χ2v) is 4.46. The molecule has 2 N–H and O–H groups in total. The number of hydrogen-bond donors (Lipinski definition) is 1. The summed E-state index contributed by atoms with van der Waals surface area (Å²) in [5.41, 5.74) is 6.81. The summed E-state index contributed by atoms with van der Waals surface area (Å²) in [5.74, 6) is 0.447. The SMILES string of the molecule is Cc1ccc([N+](=O)[O-])c(Oc2nc(N)cn3ccnc23)c1. The van der Waals surface area contributed by atoms with Crippen LogP contribution in [0.15, 0.2) is 36.8 Å². The van der Waals surface area contributed by atoms with Crippen LogP contribution >= 0.6 is 0 Å². The lowest BCUT2D eigenvalue weighted by Crippen LogP contribution is -2.00. The topological polar surface area (TPSA) is 109 Å². The van der Waals surface area contributed by atoms with Crippen molar-refractivity contribution < 1.29 is 9.66 Å². The van der Waals surface area contributed by atoms with Gasteiger partial charge < -0.3 is 10.5 Å². The summed E-state index contributed by atoms with van der Waals surface area (Å²) >= 11 is 0. The van der Waals surface area contributed by atoms with Gasteiger partial charge in [0.15, 0.2) is 0 Å². The van der Waals surface area contributed by atoms with E-state index in [4.69, 9.17) is 10.5 Å². The Morgan fingerprint density at radius 2 is 2.24 bits per heavy atom. The molecule has 2 heterocycles. The third-order valence-corrected chi connectivity index (χ3v) is 2.88. The average Bonchev–Trinajstić information content (AvgIpc) is 2.86. The maximum Gasteiger partial charge on any atom is 0.311 e. The first-order chi connectivity index (χ1) is 10.0. The lowest BCUT2D eigenvalue weighted by atomic mass is 10.2. The van der Waals surface area contributed by atoms with Crippen molar-refractivity contribution in [3.05, 3.63) is 52.5 Å². The predicted octanol–water partition coefficient (Wildman–Crippen LogP) is 2.32. The van der Waals surface area contributed by atoms with Crippen LogP contribution in [0.4, 0.5) is 11.5 Å². The Balaban J connectivity index is 2.12. The highest BCUT2D eigenvalue weighted by atomic mass is 16.6. The van der Waals surface area contributed by atoms with Crippen LogP contribution in [-0.4, -0.2) is 19.3 Å². The third-order valence-electron chi connectivity index (χ3n) is 2.88. The quantitative estimate of drug-likeness (QED) is 0.584. The number of aromatic nitrogens is 3. The number of nitro benzene ring substituents is 1. The number of nitrogens with zero attached hydrogens (tertiary/aromatic N) is 4. The number of anilines is 1. The van der Waals surface area contributed by atoms with E-state index in [0.29, 0.717) is 5.65 Å². The zero-order valence-corrected chi connectivity index (χ0v) is 11.1. The molecule has 0 aliphatic carbocycles. The van der Waals surface area contributed by atoms with E-state index >= 15 is 0 Å². The molecule has 0 spiro atoms. The van der Waals surface area contributed by atoms with Crippen LogP contribution in [0.25, 0.3) is 5.65 Å². The fraction of sp³-hybridized carbons (Fsp3) is 0.0769. The normalized spacial score (nSPS) is 10.7. The fourth-order valence-corrected chi connectivity index (χ4v) is 1.95. The monoisotopic (exact) mass is 285 g/mol. The zero-order chi connectivity index (χ0) is 15.0. The van der Waals surface area contributed by atoms with Crippen molar-refractivity contribution in [1.29, 1.82) is 0 Å². The Kier molecular flexibility index (Phi) is 2.90. The van der Waals surface area contributed by atoms with Gasteiger partial charge in [-0.25, -0.2) is 4.98 Å². The molecule has 0 aliphatic rings. The van der Waals surface area contributed by atoms with Crippen LogP contribution in [-0.2, 0) is 0 Å². The van der Waals surface area contributed by atoms with Gasteiger partial charge in [0.2, 0.25) is 11.4 Å². The van der Waals surface area contributed by atoms with Gasteiger partial charge in [-0.05, 0) is 18.6 Å². The second-order valence-electron chi connectivity index (χ2n) is 4.46. The molecule has 0 saturated carbocycles. The molecule has 3 aromatic rings. The number of nitrogens with two attached hydrogens (primary N) is 1. The summed E-state index contributed by atoms with van der Waals surface area (Å²) in [7, 11) is 0. The Morgan fingerprint density at radius 3 is 3.00 bits per heavy atom. The highest BCUT2D eigenvalue weighted by molar-refractivity contribution is 5.57. The standard InChI is InChI=1S/C13H11N5O3/c1-8-2-3-9(18(19)20)10(6-8)21-13-12-15-4-5-17(12)7-11(14)16-13/h2-7H,14H2,1H3. The van der Waals surface area contributed by atoms with Crippen LogP contribution < -0.4 is 10.5 Å². The van der Waals surface area contributed by atoms with Crippen molar-refractivity contribution in [1.82, 2.24) is 14.4 Å². The molecule has 0 radical (unpaired) electrons. The van der Waals surface area contributed by atoms with Crippen LogP contribution in [0.2, 0.25) is 0 Å². The Hall–Kier alpha value is -3.16. The van der Waals surface area contributed by atoms with Crippen LogP contribution in [0.1, 0.15) is 5.56 Å². The number of nitro groups is 1. The van der Waals surface area contributed by atoms with E-state index in [1.807, 2.05) is 6.92 Å². The third kappa shape index (κ3) is 2.34. The van der Waals surface area contributed by atoms with Crippen molar-refractivity contribution in [3.63, 3.8) is 0 Å². The molecule has 2 aromatic heterocycles. The lowest BCUT2D eigenvalue weighted by molar-refractivity contribution is -0.385. The van der Waals surface area contributed by atoms with E-state index in [1.165, 1.54) is 6.07 Å². The molecular weight excluding hydrogens is 274 g/mol. The minimum Gasteiger partial charge on any atom is -0.428 e. The molecule has 106 valence electrons. The van der Waals surface area contributed by atoms with Crippen molar-refractivity contribution in [2.24, 2.45) is 0 Å². The van der Waals surface area contributed by atoms with E-state index in [2.05, 4.69) is 9.97 Å². The zero-order valence-electron chi connectivity index (χ0n) is 11.1. The van der Waals surface area contributed by atoms with Gasteiger partial charge >= 0.3 is 5.69 Å². The molecule has 0 aliphatic heterocycles. The molecule has 8 nitrogen and oxygen atoms in total. The van der Waals surface area contributed by atoms with Gasteiger partial charge in [-0.3, -0.25) is 14.5 Å². The average molecular weight is 285 g/mol. The van der Waals surface area contributed by atoms with Crippen molar-refractivity contribution in [2.75, 3.05) is 5.73 Å². The Bertz CT molecular complexity index is 843. The highest BCUT2D eigenvalue weighted by Crippen LogP contribution is 2.33. The van der Waals surface area contributed by atoms with Crippen LogP contribution in [0.3, 0.4) is 0 Å². The molecule has 8 heteroatoms. The van der Waals surface area contributed by atoms with Gasteiger partial charge in [0, 0.05) is 18.5 Å². The van der Waals surface area contributed by atoms with E-state index in [-0.39, 0.29) is 23.1 Å². The van der Waals surface area contributed by atoms with Gasteiger partial charge in [0.05, 0.1) is 11.1 Å². The maximum atomic E-state index is 11.1. The predicted molar refractivity (Wildman–Crippen MR) is 75.3 cm³/mol. The Morgan fingerprint density at radius 1 is 1.43 bits per heavy atom. The van der Waals surface area contributed by atoms with Crippen LogP contribution in [0.5, 0.6) is 11.6 Å². The number of fused-ring (bicyclic) bond motifs is 1. The number of rotatable bonds is 3. The van der Waals surface area contributed by atoms with Crippen molar-refractivity contribution >= 4 is 17.2 Å². The molecule has 0 fully saturated rings. The number of nitrogen functional groups attached to an aromatic ring is 1. The molecule has 0 atom stereocenters. The first-order valence-corrected chi connectivity index (χ1v) is 6.06. The Labute approximate surface area is 119 Å². The molecule has 0 saturated heterocycles. The molecular formula is C13H11N5O3. The van der Waals surface area contributed by atoms with Gasteiger partial charge in [-0.1, -0.05) is 6.07 Å².